The fourth-order valence-corrected chi connectivity index (χ4v) is 4.77. The Morgan fingerprint density at radius 1 is 0.871 bits per heavy atom. The molecule has 1 N–H and O–H groups in total. The zero-order valence-corrected chi connectivity index (χ0v) is 19.2. The van der Waals surface area contributed by atoms with Crippen molar-refractivity contribution >= 4 is 15.7 Å². The van der Waals surface area contributed by atoms with Gasteiger partial charge in [0.25, 0.3) is 0 Å². The molecule has 31 heavy (non-hydrogen) atoms. The first-order chi connectivity index (χ1) is 15.0. The van der Waals surface area contributed by atoms with Crippen molar-refractivity contribution < 1.29 is 22.6 Å². The highest BCUT2D eigenvalue weighted by Crippen LogP contribution is 2.30. The second kappa shape index (κ2) is 10.7. The molecular weight excluding hydrogens is 418 g/mol. The van der Waals surface area contributed by atoms with Crippen LogP contribution in [0.5, 0.6) is 17.2 Å². The van der Waals surface area contributed by atoms with Crippen LogP contribution in [-0.4, -0.2) is 73.9 Å². The number of anilines is 1. The second-order valence-corrected chi connectivity index (χ2v) is 9.04. The molecule has 0 amide bonds. The van der Waals surface area contributed by atoms with Gasteiger partial charge in [0.1, 0.15) is 5.75 Å². The molecule has 9 heteroatoms. The number of para-hydroxylation sites is 2. The largest absolute Gasteiger partial charge is 0.495 e. The Morgan fingerprint density at radius 2 is 1.55 bits per heavy atom. The van der Waals surface area contributed by atoms with Crippen LogP contribution < -0.4 is 23.8 Å². The molecule has 2 aromatic carbocycles. The van der Waals surface area contributed by atoms with Crippen LogP contribution in [0.25, 0.3) is 0 Å². The summed E-state index contributed by atoms with van der Waals surface area (Å²) in [6.45, 7) is 4.91. The molecule has 0 aromatic heterocycles. The van der Waals surface area contributed by atoms with Gasteiger partial charge in [0.2, 0.25) is 10.0 Å². The first-order valence-corrected chi connectivity index (χ1v) is 11.8. The Morgan fingerprint density at radius 3 is 2.23 bits per heavy atom. The monoisotopic (exact) mass is 449 g/mol. The maximum absolute atomic E-state index is 12.6. The number of hydrogen-bond acceptors (Lipinski definition) is 7. The molecule has 1 aliphatic rings. The first kappa shape index (κ1) is 23.2. The number of nitrogens with zero attached hydrogens (tertiary/aromatic N) is 2. The number of piperazine rings is 1. The summed E-state index contributed by atoms with van der Waals surface area (Å²) in [5.74, 6) is 1.77. The number of hydrogen-bond donors (Lipinski definition) is 1. The molecule has 3 rings (SSSR count). The van der Waals surface area contributed by atoms with Gasteiger partial charge in [-0.25, -0.2) is 13.1 Å². The molecule has 0 saturated carbocycles. The smallest absolute Gasteiger partial charge is 0.240 e. The van der Waals surface area contributed by atoms with Crippen LogP contribution in [-0.2, 0) is 10.0 Å². The fourth-order valence-electron chi connectivity index (χ4n) is 3.68. The number of rotatable bonds is 10. The fraction of sp³-hybridized carbons (Fsp3) is 0.455. The molecule has 0 atom stereocenters. The lowest BCUT2D eigenvalue weighted by Crippen LogP contribution is -2.47. The molecule has 0 bridgehead atoms. The van der Waals surface area contributed by atoms with E-state index in [2.05, 4.69) is 20.6 Å². The lowest BCUT2D eigenvalue weighted by atomic mass is 10.2. The molecular formula is C22H31N3O5S. The highest BCUT2D eigenvalue weighted by atomic mass is 32.2. The van der Waals surface area contributed by atoms with Crippen molar-refractivity contribution in [3.8, 4) is 17.2 Å². The van der Waals surface area contributed by atoms with E-state index < -0.39 is 10.0 Å². The summed E-state index contributed by atoms with van der Waals surface area (Å²) < 4.78 is 43.6. The molecule has 0 aliphatic carbocycles. The summed E-state index contributed by atoms with van der Waals surface area (Å²) in [5, 5.41) is 0. The lowest BCUT2D eigenvalue weighted by molar-refractivity contribution is 0.254. The van der Waals surface area contributed by atoms with E-state index in [9.17, 15) is 8.42 Å². The van der Waals surface area contributed by atoms with Gasteiger partial charge in [-0.15, -0.1) is 0 Å². The van der Waals surface area contributed by atoms with Gasteiger partial charge in [-0.2, -0.15) is 0 Å². The minimum atomic E-state index is -3.60. The number of ether oxygens (including phenoxy) is 3. The normalized spacial score (nSPS) is 15.0. The predicted octanol–water partition coefficient (Wildman–Crippen LogP) is 2.20. The van der Waals surface area contributed by atoms with Crippen molar-refractivity contribution in [3.05, 3.63) is 42.5 Å². The van der Waals surface area contributed by atoms with Crippen LogP contribution in [0.3, 0.4) is 0 Å². The average Bonchev–Trinajstić information content (AvgIpc) is 2.81. The topological polar surface area (TPSA) is 80.3 Å². The highest BCUT2D eigenvalue weighted by molar-refractivity contribution is 7.89. The molecule has 0 radical (unpaired) electrons. The Kier molecular flexibility index (Phi) is 8.00. The number of sulfonamides is 1. The van der Waals surface area contributed by atoms with E-state index in [0.717, 1.165) is 50.6 Å². The standard InChI is InChI=1S/C22H31N3O5S/c1-28-20-8-5-4-7-19(20)25-15-13-24(14-16-25)12-6-11-23-31(26,27)18-9-10-21(29-2)22(17-18)30-3/h4-5,7-10,17,23H,6,11-16H2,1-3H3. The van der Waals surface area contributed by atoms with Gasteiger partial charge in [0.05, 0.1) is 31.9 Å². The Bertz CT molecular complexity index is 959. The first-order valence-electron chi connectivity index (χ1n) is 10.3. The van der Waals surface area contributed by atoms with Crippen molar-refractivity contribution in [1.82, 2.24) is 9.62 Å². The Labute approximate surface area is 184 Å². The van der Waals surface area contributed by atoms with Crippen LogP contribution in [0.1, 0.15) is 6.42 Å². The van der Waals surface area contributed by atoms with E-state index in [4.69, 9.17) is 14.2 Å². The van der Waals surface area contributed by atoms with Crippen LogP contribution >= 0.6 is 0 Å². The molecule has 1 aliphatic heterocycles. The van der Waals surface area contributed by atoms with Crippen molar-refractivity contribution in [2.24, 2.45) is 0 Å². The summed E-state index contributed by atoms with van der Waals surface area (Å²) in [4.78, 5) is 4.85. The van der Waals surface area contributed by atoms with Gasteiger partial charge < -0.3 is 19.1 Å². The maximum atomic E-state index is 12.6. The van der Waals surface area contributed by atoms with Gasteiger partial charge in [-0.1, -0.05) is 12.1 Å². The highest BCUT2D eigenvalue weighted by Gasteiger charge is 2.20. The Hall–Kier alpha value is -2.49. The van der Waals surface area contributed by atoms with Crippen molar-refractivity contribution in [1.29, 1.82) is 0 Å². The number of benzene rings is 2. The van der Waals surface area contributed by atoms with Gasteiger partial charge >= 0.3 is 0 Å². The lowest BCUT2D eigenvalue weighted by Gasteiger charge is -2.36. The minimum absolute atomic E-state index is 0.163. The summed E-state index contributed by atoms with van der Waals surface area (Å²) in [5.41, 5.74) is 1.12. The average molecular weight is 450 g/mol. The van der Waals surface area contributed by atoms with E-state index in [1.165, 1.54) is 26.4 Å². The van der Waals surface area contributed by atoms with Crippen LogP contribution in [0.2, 0.25) is 0 Å². The molecule has 1 fully saturated rings. The minimum Gasteiger partial charge on any atom is -0.495 e. The molecule has 2 aromatic rings. The molecule has 8 nitrogen and oxygen atoms in total. The van der Waals surface area contributed by atoms with Gasteiger partial charge in [0, 0.05) is 38.8 Å². The zero-order valence-electron chi connectivity index (χ0n) is 18.3. The molecule has 170 valence electrons. The third-order valence-electron chi connectivity index (χ3n) is 5.41. The van der Waals surface area contributed by atoms with Gasteiger partial charge in [-0.3, -0.25) is 4.90 Å². The maximum Gasteiger partial charge on any atom is 0.240 e. The quantitative estimate of drug-likeness (QED) is 0.557. The molecule has 1 heterocycles. The van der Waals surface area contributed by atoms with Gasteiger partial charge in [-0.05, 0) is 37.2 Å². The molecule has 0 spiro atoms. The third-order valence-corrected chi connectivity index (χ3v) is 6.87. The van der Waals surface area contributed by atoms with Crippen molar-refractivity contribution in [3.63, 3.8) is 0 Å². The summed E-state index contributed by atoms with van der Waals surface area (Å²) >= 11 is 0. The number of methoxy groups -OCH3 is 3. The third kappa shape index (κ3) is 5.81. The second-order valence-electron chi connectivity index (χ2n) is 7.27. The van der Waals surface area contributed by atoms with Crippen molar-refractivity contribution in [2.75, 3.05) is 65.5 Å². The predicted molar refractivity (Wildman–Crippen MR) is 121 cm³/mol. The zero-order chi connectivity index (χ0) is 22.3. The summed E-state index contributed by atoms with van der Waals surface area (Å²) in [7, 11) is 1.09. The SMILES string of the molecule is COc1ccc(S(=O)(=O)NCCCN2CCN(c3ccccc3OC)CC2)cc1OC. The van der Waals surface area contributed by atoms with E-state index in [-0.39, 0.29) is 4.90 Å². The summed E-state index contributed by atoms with van der Waals surface area (Å²) in [6.07, 6.45) is 0.737. The van der Waals surface area contributed by atoms with E-state index in [1.807, 2.05) is 18.2 Å². The molecule has 0 unspecified atom stereocenters. The van der Waals surface area contributed by atoms with Gasteiger partial charge in [0.15, 0.2) is 11.5 Å². The van der Waals surface area contributed by atoms with Crippen LogP contribution in [0.15, 0.2) is 47.4 Å². The number of nitrogens with one attached hydrogen (secondary N) is 1. The molecule has 1 saturated heterocycles. The van der Waals surface area contributed by atoms with E-state index in [1.54, 1.807) is 13.2 Å². The van der Waals surface area contributed by atoms with E-state index in [0.29, 0.717) is 18.0 Å². The van der Waals surface area contributed by atoms with Crippen LogP contribution in [0, 0.1) is 0 Å². The Balaban J connectivity index is 1.45. The van der Waals surface area contributed by atoms with Crippen molar-refractivity contribution in [2.45, 2.75) is 11.3 Å². The van der Waals surface area contributed by atoms with Crippen LogP contribution in [0.4, 0.5) is 5.69 Å². The van der Waals surface area contributed by atoms with E-state index >= 15 is 0 Å². The summed E-state index contributed by atoms with van der Waals surface area (Å²) in [6, 6.07) is 12.6.